The number of amides is 3. The zero-order valence-electron chi connectivity index (χ0n) is 15.4. The van der Waals surface area contributed by atoms with Crippen molar-refractivity contribution in [3.05, 3.63) is 33.1 Å². The van der Waals surface area contributed by atoms with Gasteiger partial charge in [-0.3, -0.25) is 14.0 Å². The van der Waals surface area contributed by atoms with E-state index in [4.69, 9.17) is 11.6 Å². The average Bonchev–Trinajstić information content (AvgIpc) is 3.19. The molecule has 31 heavy (non-hydrogen) atoms. The van der Waals surface area contributed by atoms with Gasteiger partial charge < -0.3 is 14.7 Å². The monoisotopic (exact) mass is 524 g/mol. The lowest BCUT2D eigenvalue weighted by Crippen LogP contribution is -2.56. The lowest BCUT2D eigenvalue weighted by atomic mass is 10.00. The van der Waals surface area contributed by atoms with E-state index in [0.29, 0.717) is 0 Å². The molecule has 0 bridgehead atoms. The number of pyridine rings is 1. The Balaban J connectivity index is 1.61. The third-order valence-electron chi connectivity index (χ3n) is 5.09. The van der Waals surface area contributed by atoms with Crippen LogP contribution in [0.4, 0.5) is 18.0 Å². The maximum absolute atomic E-state index is 13.4. The summed E-state index contributed by atoms with van der Waals surface area (Å²) >= 11 is 9.14. The van der Waals surface area contributed by atoms with Crippen LogP contribution in [0.1, 0.15) is 22.5 Å². The number of β-amino-alcohol motifs (C(OH)–C–C–N with tert-alkyl or cyclic N) is 1. The number of nitrogens with zero attached hydrogens (tertiary/aromatic N) is 4. The zero-order chi connectivity index (χ0) is 22.7. The van der Waals surface area contributed by atoms with Crippen molar-refractivity contribution in [2.75, 3.05) is 19.7 Å². The van der Waals surface area contributed by atoms with Gasteiger partial charge >= 0.3 is 12.3 Å². The number of carbonyl (C=O) groups is 3. The SMILES string of the molecule is O=C(c1nc2c(C(F)(F)F)cc(Br)cn2c1Cl)N1CCC(N2C(=O)COC2=O)[C@@H](O)C1. The van der Waals surface area contributed by atoms with Crippen LogP contribution >= 0.6 is 27.5 Å². The molecule has 14 heteroatoms. The summed E-state index contributed by atoms with van der Waals surface area (Å²) in [5.74, 6) is -1.38. The first-order chi connectivity index (χ1) is 14.5. The highest BCUT2D eigenvalue weighted by Crippen LogP contribution is 2.36. The lowest BCUT2D eigenvalue weighted by molar-refractivity contribution is -0.136. The minimum absolute atomic E-state index is 0.0116. The van der Waals surface area contributed by atoms with E-state index in [1.807, 2.05) is 0 Å². The first-order valence-corrected chi connectivity index (χ1v) is 10.1. The van der Waals surface area contributed by atoms with Gasteiger partial charge in [0.1, 0.15) is 5.15 Å². The Kier molecular flexibility index (Phi) is 5.38. The molecule has 2 aliphatic rings. The number of imide groups is 1. The van der Waals surface area contributed by atoms with Gasteiger partial charge in [0.05, 0.1) is 17.7 Å². The number of cyclic esters (lactones) is 1. The van der Waals surface area contributed by atoms with Gasteiger partial charge in [-0.15, -0.1) is 0 Å². The maximum Gasteiger partial charge on any atom is 0.420 e. The summed E-state index contributed by atoms with van der Waals surface area (Å²) in [6.07, 6.45) is -5.57. The van der Waals surface area contributed by atoms with Gasteiger partial charge in [0, 0.05) is 23.8 Å². The molecular weight excluding hydrogens is 513 g/mol. The summed E-state index contributed by atoms with van der Waals surface area (Å²) in [6, 6.07) is -0.0511. The quantitative estimate of drug-likeness (QED) is 0.646. The lowest BCUT2D eigenvalue weighted by Gasteiger charge is -2.38. The number of aliphatic hydroxyl groups excluding tert-OH is 1. The summed E-state index contributed by atoms with van der Waals surface area (Å²) in [4.78, 5) is 42.2. The van der Waals surface area contributed by atoms with E-state index in [1.54, 1.807) is 0 Å². The van der Waals surface area contributed by atoms with E-state index >= 15 is 0 Å². The molecule has 2 atom stereocenters. The van der Waals surface area contributed by atoms with Crippen molar-refractivity contribution in [3.63, 3.8) is 0 Å². The number of aliphatic hydroxyl groups is 1. The predicted octanol–water partition coefficient (Wildman–Crippen LogP) is 2.32. The van der Waals surface area contributed by atoms with E-state index in [2.05, 4.69) is 25.7 Å². The Hall–Kier alpha value is -2.38. The molecule has 1 unspecified atom stereocenters. The molecule has 2 aromatic heterocycles. The number of halogens is 5. The summed E-state index contributed by atoms with van der Waals surface area (Å²) < 4.78 is 45.8. The van der Waals surface area contributed by atoms with E-state index in [0.717, 1.165) is 20.3 Å². The number of carbonyl (C=O) groups excluding carboxylic acids is 3. The number of piperidine rings is 1. The van der Waals surface area contributed by atoms with Crippen molar-refractivity contribution in [3.8, 4) is 0 Å². The number of fused-ring (bicyclic) bond motifs is 1. The average molecular weight is 526 g/mol. The molecule has 9 nitrogen and oxygen atoms in total. The van der Waals surface area contributed by atoms with Gasteiger partial charge in [-0.1, -0.05) is 11.6 Å². The molecule has 0 aliphatic carbocycles. The van der Waals surface area contributed by atoms with Crippen molar-refractivity contribution in [1.29, 1.82) is 0 Å². The molecule has 4 heterocycles. The molecule has 4 rings (SSSR count). The zero-order valence-corrected chi connectivity index (χ0v) is 17.7. The topological polar surface area (TPSA) is 104 Å². The third kappa shape index (κ3) is 3.74. The number of hydrogen-bond donors (Lipinski definition) is 1. The summed E-state index contributed by atoms with van der Waals surface area (Å²) in [7, 11) is 0. The van der Waals surface area contributed by atoms with Crippen molar-refractivity contribution in [1.82, 2.24) is 19.2 Å². The highest BCUT2D eigenvalue weighted by atomic mass is 79.9. The number of imidazole rings is 1. The van der Waals surface area contributed by atoms with E-state index in [-0.39, 0.29) is 29.1 Å². The van der Waals surface area contributed by atoms with Gasteiger partial charge in [-0.2, -0.15) is 13.2 Å². The Morgan fingerprint density at radius 1 is 1.35 bits per heavy atom. The fourth-order valence-electron chi connectivity index (χ4n) is 3.67. The smallest absolute Gasteiger partial charge is 0.420 e. The number of alkyl halides is 3. The Morgan fingerprint density at radius 2 is 2.06 bits per heavy atom. The number of ether oxygens (including phenoxy) is 1. The fraction of sp³-hybridized carbons (Fsp3) is 0.412. The predicted molar refractivity (Wildman–Crippen MR) is 101 cm³/mol. The van der Waals surface area contributed by atoms with Crippen LogP contribution in [-0.4, -0.2) is 74.0 Å². The van der Waals surface area contributed by atoms with Crippen LogP contribution in [0.5, 0.6) is 0 Å². The Labute approximate surface area is 185 Å². The molecule has 2 saturated heterocycles. The highest BCUT2D eigenvalue weighted by Gasteiger charge is 2.44. The molecule has 2 fully saturated rings. The Bertz CT molecular complexity index is 1090. The molecule has 0 radical (unpaired) electrons. The molecular formula is C17H13BrClF3N4O5. The number of aromatic nitrogens is 2. The van der Waals surface area contributed by atoms with Gasteiger partial charge in [0.25, 0.3) is 11.8 Å². The fourth-order valence-corrected chi connectivity index (χ4v) is 4.35. The largest absolute Gasteiger partial charge is 0.439 e. The first kappa shape index (κ1) is 21.8. The molecule has 2 aliphatic heterocycles. The minimum Gasteiger partial charge on any atom is -0.439 e. The summed E-state index contributed by atoms with van der Waals surface area (Å²) in [5, 5.41) is 10.1. The van der Waals surface area contributed by atoms with E-state index in [1.165, 1.54) is 6.20 Å². The van der Waals surface area contributed by atoms with Crippen LogP contribution in [-0.2, 0) is 15.7 Å². The van der Waals surface area contributed by atoms with Crippen LogP contribution in [0.2, 0.25) is 5.15 Å². The molecule has 0 spiro atoms. The first-order valence-electron chi connectivity index (χ1n) is 8.89. The highest BCUT2D eigenvalue weighted by molar-refractivity contribution is 9.10. The Morgan fingerprint density at radius 3 is 2.65 bits per heavy atom. The second-order valence-electron chi connectivity index (χ2n) is 7.01. The van der Waals surface area contributed by atoms with Crippen LogP contribution in [0.3, 0.4) is 0 Å². The number of rotatable bonds is 2. The molecule has 0 saturated carbocycles. The van der Waals surface area contributed by atoms with Gasteiger partial charge in [0.15, 0.2) is 17.9 Å². The van der Waals surface area contributed by atoms with Crippen LogP contribution < -0.4 is 0 Å². The minimum atomic E-state index is -4.73. The molecule has 1 N–H and O–H groups in total. The normalized spacial score (nSPS) is 22.4. The standard InChI is InChI=1S/C17H13BrClF3N4O5/c18-7-3-8(17(20,21)22)14-23-12(13(19)25(14)4-7)15(29)24-2-1-9(10(27)5-24)26-11(28)6-31-16(26)30/h3-4,9-10,27H,1-2,5-6H2/t9?,10-/m0/s1. The third-order valence-corrected chi connectivity index (χ3v) is 5.88. The van der Waals surface area contributed by atoms with Crippen LogP contribution in [0, 0.1) is 0 Å². The van der Waals surface area contributed by atoms with Crippen LogP contribution in [0.25, 0.3) is 5.65 Å². The summed E-state index contributed by atoms with van der Waals surface area (Å²) in [6.45, 7) is -0.684. The van der Waals surface area contributed by atoms with Crippen molar-refractivity contribution < 1.29 is 37.4 Å². The van der Waals surface area contributed by atoms with Crippen molar-refractivity contribution >= 4 is 51.1 Å². The number of likely N-dealkylation sites (tertiary alicyclic amines) is 1. The van der Waals surface area contributed by atoms with Crippen molar-refractivity contribution in [2.24, 2.45) is 0 Å². The molecule has 3 amide bonds. The maximum atomic E-state index is 13.4. The molecule has 166 valence electrons. The van der Waals surface area contributed by atoms with Crippen molar-refractivity contribution in [2.45, 2.75) is 24.7 Å². The second kappa shape index (κ2) is 7.64. The second-order valence-corrected chi connectivity index (χ2v) is 8.28. The summed E-state index contributed by atoms with van der Waals surface area (Å²) in [5.41, 5.74) is -2.02. The van der Waals surface area contributed by atoms with E-state index in [9.17, 15) is 32.7 Å². The molecule has 2 aromatic rings. The molecule has 0 aromatic carbocycles. The van der Waals surface area contributed by atoms with E-state index < -0.39 is 59.7 Å². The van der Waals surface area contributed by atoms with Gasteiger partial charge in [-0.05, 0) is 28.4 Å². The number of hydrogen-bond acceptors (Lipinski definition) is 6. The van der Waals surface area contributed by atoms with Crippen LogP contribution in [0.15, 0.2) is 16.7 Å². The van der Waals surface area contributed by atoms with Gasteiger partial charge in [-0.25, -0.2) is 14.7 Å². The van der Waals surface area contributed by atoms with Gasteiger partial charge in [0.2, 0.25) is 0 Å².